The number of halogens is 1. The highest BCUT2D eigenvalue weighted by Crippen LogP contribution is 2.46. The molecule has 0 saturated carbocycles. The third-order valence-corrected chi connectivity index (χ3v) is 6.81. The summed E-state index contributed by atoms with van der Waals surface area (Å²) in [5, 5.41) is 14.9. The zero-order valence-electron chi connectivity index (χ0n) is 18.7. The van der Waals surface area contributed by atoms with Gasteiger partial charge in [0.1, 0.15) is 11.9 Å². The van der Waals surface area contributed by atoms with Gasteiger partial charge in [-0.1, -0.05) is 24.3 Å². The minimum atomic E-state index is -1.25. The van der Waals surface area contributed by atoms with Gasteiger partial charge in [-0.3, -0.25) is 4.79 Å². The molecule has 0 radical (unpaired) electrons. The van der Waals surface area contributed by atoms with Gasteiger partial charge in [-0.2, -0.15) is 0 Å². The van der Waals surface area contributed by atoms with E-state index in [2.05, 4.69) is 10.6 Å². The highest BCUT2D eigenvalue weighted by molar-refractivity contribution is 8.32. The number of aliphatic hydroxyl groups excluding tert-OH is 1. The molecule has 3 amide bonds. The highest BCUT2D eigenvalue weighted by atomic mass is 32.3. The van der Waals surface area contributed by atoms with Crippen molar-refractivity contribution in [2.45, 2.75) is 23.6 Å². The second-order valence-corrected chi connectivity index (χ2v) is 12.7. The Labute approximate surface area is 189 Å². The summed E-state index contributed by atoms with van der Waals surface area (Å²) >= 11 is 0. The number of carbonyl (C=O) groups is 2. The monoisotopic (exact) mass is 463 g/mol. The predicted molar refractivity (Wildman–Crippen MR) is 125 cm³/mol. The Hall–Kier alpha value is -2.62. The molecule has 9 heteroatoms. The molecule has 1 unspecified atom stereocenters. The second-order valence-electron chi connectivity index (χ2n) is 8.59. The van der Waals surface area contributed by atoms with Crippen LogP contribution in [0.5, 0.6) is 0 Å². The molecule has 3 N–H and O–H groups in total. The van der Waals surface area contributed by atoms with Crippen molar-refractivity contribution in [1.82, 2.24) is 10.2 Å². The summed E-state index contributed by atoms with van der Waals surface area (Å²) in [7, 11) is 0.340. The number of hydrogen-bond acceptors (Lipinski definition) is 4. The van der Waals surface area contributed by atoms with Crippen molar-refractivity contribution < 1.29 is 23.8 Å². The largest absolute Gasteiger partial charge is 0.389 e. The first kappa shape index (κ1) is 24.0. The van der Waals surface area contributed by atoms with Gasteiger partial charge >= 0.3 is 6.03 Å². The number of nitrogens with one attached hydrogen (secondary N) is 2. The molecule has 0 bridgehead atoms. The Bertz CT molecular complexity index is 972. The number of nitrogens with zero attached hydrogens (tertiary/aromatic N) is 1. The molecule has 174 valence electrons. The molecular weight excluding hydrogens is 433 g/mol. The summed E-state index contributed by atoms with van der Waals surface area (Å²) < 4.78 is 19.7. The van der Waals surface area contributed by atoms with Crippen LogP contribution < -0.4 is 10.6 Å². The van der Waals surface area contributed by atoms with Gasteiger partial charge in [0.05, 0.1) is 25.8 Å². The molecule has 2 aromatic rings. The van der Waals surface area contributed by atoms with Crippen molar-refractivity contribution in [3.63, 3.8) is 0 Å². The van der Waals surface area contributed by atoms with Crippen LogP contribution in [0.3, 0.4) is 0 Å². The van der Waals surface area contributed by atoms with E-state index in [1.54, 1.807) is 31.4 Å². The van der Waals surface area contributed by atoms with Crippen molar-refractivity contribution in [3.05, 3.63) is 59.4 Å². The lowest BCUT2D eigenvalue weighted by Gasteiger charge is -2.36. The first-order valence-electron chi connectivity index (χ1n) is 10.2. The number of hydrogen-bond donors (Lipinski definition) is 3. The summed E-state index contributed by atoms with van der Waals surface area (Å²) in [4.78, 5) is 27.7. The molecule has 2 aromatic carbocycles. The van der Waals surface area contributed by atoms with Crippen LogP contribution in [0, 0.1) is 5.82 Å². The predicted octanol–water partition coefficient (Wildman–Crippen LogP) is 3.09. The van der Waals surface area contributed by atoms with E-state index in [9.17, 15) is 19.1 Å². The average Bonchev–Trinajstić information content (AvgIpc) is 2.69. The van der Waals surface area contributed by atoms with E-state index in [0.717, 1.165) is 5.56 Å². The smallest absolute Gasteiger partial charge is 0.318 e. The lowest BCUT2D eigenvalue weighted by atomic mass is 10.0. The van der Waals surface area contributed by atoms with Crippen molar-refractivity contribution >= 4 is 27.7 Å². The number of carbonyl (C=O) groups excluding carboxylic acids is 2. The summed E-state index contributed by atoms with van der Waals surface area (Å²) in [6.45, 7) is 0.861. The van der Waals surface area contributed by atoms with Gasteiger partial charge in [0, 0.05) is 17.7 Å². The van der Waals surface area contributed by atoms with E-state index in [1.165, 1.54) is 11.0 Å². The summed E-state index contributed by atoms with van der Waals surface area (Å²) in [5.74, 6) is -0.862. The maximum atomic E-state index is 14.6. The molecule has 1 fully saturated rings. The number of urea groups is 1. The van der Waals surface area contributed by atoms with E-state index in [-0.39, 0.29) is 18.9 Å². The first-order valence-corrected chi connectivity index (χ1v) is 13.0. The number of ether oxygens (including phenoxy) is 1. The quantitative estimate of drug-likeness (QED) is 0.589. The maximum absolute atomic E-state index is 14.6. The van der Waals surface area contributed by atoms with E-state index in [4.69, 9.17) is 4.74 Å². The van der Waals surface area contributed by atoms with Crippen LogP contribution in [-0.4, -0.2) is 67.0 Å². The molecule has 1 atom stereocenters. The number of benzene rings is 2. The zero-order valence-corrected chi connectivity index (χ0v) is 19.5. The van der Waals surface area contributed by atoms with Gasteiger partial charge in [0.2, 0.25) is 0 Å². The molecule has 1 heterocycles. The number of β-amino-alcohol motifs (C(OH)–C–C–N with tert-alkyl or cyclic N) is 1. The van der Waals surface area contributed by atoms with Gasteiger partial charge in [-0.15, -0.1) is 0 Å². The molecule has 32 heavy (non-hydrogen) atoms. The van der Waals surface area contributed by atoms with Gasteiger partial charge in [-0.05, 0) is 48.1 Å². The molecule has 1 aliphatic heterocycles. The van der Waals surface area contributed by atoms with Crippen molar-refractivity contribution in [3.8, 4) is 0 Å². The van der Waals surface area contributed by atoms with Crippen LogP contribution in [0.15, 0.2) is 47.4 Å². The lowest BCUT2D eigenvalue weighted by Crippen LogP contribution is -2.57. The topological polar surface area (TPSA) is 90.9 Å². The standard InChI is InChI=1S/C23H30FN3O4S/c1-31-14-15-5-7-16(8-6-15)21(26-23(30)27-12-18(28)13-27)22(29)25-17-9-10-20(19(24)11-17)32(2,3)4/h5-11,18,21,28H,12-14H2,1-4H3,(H,25,29)(H,26,30). The first-order chi connectivity index (χ1) is 15.1. The van der Waals surface area contributed by atoms with Gasteiger partial charge < -0.3 is 25.4 Å². The summed E-state index contributed by atoms with van der Waals surface area (Å²) in [5.41, 5.74) is 1.82. The van der Waals surface area contributed by atoms with E-state index in [1.807, 2.05) is 30.9 Å². The number of rotatable bonds is 7. The molecule has 1 aliphatic rings. The molecule has 1 saturated heterocycles. The van der Waals surface area contributed by atoms with Crippen molar-refractivity contribution in [2.24, 2.45) is 0 Å². The Morgan fingerprint density at radius 2 is 1.84 bits per heavy atom. The van der Waals surface area contributed by atoms with E-state index in [0.29, 0.717) is 22.8 Å². The molecule has 0 aromatic heterocycles. The zero-order chi connectivity index (χ0) is 23.5. The number of likely N-dealkylation sites (tertiary alicyclic amines) is 1. The molecule has 7 nitrogen and oxygen atoms in total. The minimum Gasteiger partial charge on any atom is -0.389 e. The number of amides is 3. The fourth-order valence-electron chi connectivity index (χ4n) is 3.40. The fourth-order valence-corrected chi connectivity index (χ4v) is 4.52. The van der Waals surface area contributed by atoms with Crippen LogP contribution in [-0.2, 0) is 16.1 Å². The fraction of sp³-hybridized carbons (Fsp3) is 0.391. The van der Waals surface area contributed by atoms with Gasteiger partial charge in [0.15, 0.2) is 0 Å². The molecule has 0 aliphatic carbocycles. The lowest BCUT2D eigenvalue weighted by molar-refractivity contribution is -0.118. The molecule has 0 spiro atoms. The molecular formula is C23H30FN3O4S. The van der Waals surface area contributed by atoms with Crippen molar-refractivity contribution in [1.29, 1.82) is 0 Å². The van der Waals surface area contributed by atoms with Crippen molar-refractivity contribution in [2.75, 3.05) is 44.3 Å². The van der Waals surface area contributed by atoms with Crippen LogP contribution in [0.1, 0.15) is 17.2 Å². The molecule has 3 rings (SSSR count). The highest BCUT2D eigenvalue weighted by Gasteiger charge is 2.32. The second kappa shape index (κ2) is 9.89. The van der Waals surface area contributed by atoms with Gasteiger partial charge in [-0.25, -0.2) is 19.2 Å². The van der Waals surface area contributed by atoms with Gasteiger partial charge in [0.25, 0.3) is 5.91 Å². The SMILES string of the molecule is COCc1ccc(C(NC(=O)N2CC(O)C2)C(=O)Nc2ccc(S(C)(C)C)c(F)c2)cc1. The third-order valence-electron chi connectivity index (χ3n) is 5.16. The van der Waals surface area contributed by atoms with Crippen LogP contribution >= 0.6 is 10.0 Å². The Kier molecular flexibility index (Phi) is 7.43. The summed E-state index contributed by atoms with van der Waals surface area (Å²) in [6, 6.07) is 10.3. The van der Waals surface area contributed by atoms with E-state index >= 15 is 0 Å². The Morgan fingerprint density at radius 3 is 2.38 bits per heavy atom. The van der Waals surface area contributed by atoms with Crippen LogP contribution in [0.4, 0.5) is 14.9 Å². The Balaban J connectivity index is 1.81. The van der Waals surface area contributed by atoms with Crippen LogP contribution in [0.2, 0.25) is 0 Å². The third kappa shape index (κ3) is 5.79. The Morgan fingerprint density at radius 1 is 1.19 bits per heavy atom. The number of methoxy groups -OCH3 is 1. The number of aliphatic hydroxyl groups is 1. The maximum Gasteiger partial charge on any atom is 0.318 e. The summed E-state index contributed by atoms with van der Waals surface area (Å²) in [6.07, 6.45) is 5.44. The van der Waals surface area contributed by atoms with E-state index < -0.39 is 34.1 Å². The average molecular weight is 464 g/mol. The minimum absolute atomic E-state index is 0.217. The normalized spacial score (nSPS) is 15.6. The number of anilines is 1. The van der Waals surface area contributed by atoms with Crippen LogP contribution in [0.25, 0.3) is 0 Å².